The van der Waals surface area contributed by atoms with E-state index in [4.69, 9.17) is 29.8 Å². The smallest absolute Gasteiger partial charge is 0.430 e. The van der Waals surface area contributed by atoms with Crippen molar-refractivity contribution >= 4 is 29.6 Å². The molecule has 50 heavy (non-hydrogen) atoms. The number of ether oxygens (including phenoxy) is 3. The normalized spacial score (nSPS) is 18.3. The van der Waals surface area contributed by atoms with Crippen molar-refractivity contribution in [1.29, 1.82) is 0 Å². The number of carboxylic acid groups (broad SMARTS) is 1. The van der Waals surface area contributed by atoms with Gasteiger partial charge in [0.25, 0.3) is 0 Å². The topological polar surface area (TPSA) is 181 Å². The summed E-state index contributed by atoms with van der Waals surface area (Å²) in [4.78, 5) is 49.7. The number of nitrogens with two attached hydrogens (primary N) is 1. The summed E-state index contributed by atoms with van der Waals surface area (Å²) in [5.74, 6) is -2.41. The standard InChI is InChI=1S/C32H36N4O7.C2HF3O2/c1-3-41-31(39)23-7-9-24(10-8-23)34-32(40)35(30(38)27(33)16-21-4-11-26(37)12-5-21)25-14-15-36(2,19-25)18-22-6-13-28-29(17-22)43-20-42-28;3-2(4,5)1(6)7/h4-13,17,25,27H,3,14-16,18-20,33H2,1-2H3,(H-,34,37,39,40);(H,6,7)/t25?,27-,36?;/m0./s1. The molecule has 3 atom stereocenters. The number of imide groups is 1. The number of likely N-dealkylation sites (N-methyl/N-ethyl adjacent to an activating group) is 1. The summed E-state index contributed by atoms with van der Waals surface area (Å²) in [6.07, 6.45) is -4.39. The highest BCUT2D eigenvalue weighted by atomic mass is 19.4. The van der Waals surface area contributed by atoms with Crippen LogP contribution in [0.2, 0.25) is 0 Å². The van der Waals surface area contributed by atoms with E-state index >= 15 is 0 Å². The van der Waals surface area contributed by atoms with Gasteiger partial charge in [-0.2, -0.15) is 13.2 Å². The number of hydrogen-bond acceptors (Lipinski definition) is 10. The number of halogens is 3. The summed E-state index contributed by atoms with van der Waals surface area (Å²) in [5, 5.41) is 21.2. The molecule has 2 aliphatic heterocycles. The lowest BCUT2D eigenvalue weighted by Gasteiger charge is -2.33. The number of urea groups is 1. The van der Waals surface area contributed by atoms with Gasteiger partial charge in [-0.3, -0.25) is 9.69 Å². The number of carbonyl (C=O) groups excluding carboxylic acids is 4. The van der Waals surface area contributed by atoms with Gasteiger partial charge in [-0.25, -0.2) is 9.59 Å². The summed E-state index contributed by atoms with van der Waals surface area (Å²) in [5.41, 5.74) is 9.02. The highest BCUT2D eigenvalue weighted by molar-refractivity contribution is 6.03. The molecule has 4 N–H and O–H groups in total. The molecule has 0 aromatic heterocycles. The number of phenols is 1. The van der Waals surface area contributed by atoms with Crippen LogP contribution in [0.4, 0.5) is 23.7 Å². The van der Waals surface area contributed by atoms with Crippen LogP contribution in [0.3, 0.4) is 0 Å². The molecule has 1 fully saturated rings. The summed E-state index contributed by atoms with van der Waals surface area (Å²) >= 11 is 0. The summed E-state index contributed by atoms with van der Waals surface area (Å²) < 4.78 is 48.2. The van der Waals surface area contributed by atoms with Crippen LogP contribution < -0.4 is 25.6 Å². The second-order valence-electron chi connectivity index (χ2n) is 12.0. The molecule has 3 aromatic carbocycles. The van der Waals surface area contributed by atoms with Gasteiger partial charge < -0.3 is 44.8 Å². The number of phenolic OH excluding ortho intramolecular Hbond substituents is 1. The molecule has 3 amide bonds. The number of benzene rings is 3. The Kier molecular flexibility index (Phi) is 11.9. The quantitative estimate of drug-likeness (QED) is 0.222. The first-order valence-corrected chi connectivity index (χ1v) is 15.5. The molecule has 0 bridgehead atoms. The van der Waals surface area contributed by atoms with Crippen molar-refractivity contribution < 1.29 is 61.3 Å². The van der Waals surface area contributed by atoms with Crippen molar-refractivity contribution in [1.82, 2.24) is 4.90 Å². The molecule has 1 saturated heterocycles. The minimum Gasteiger partial charge on any atom is -0.542 e. The monoisotopic (exact) mass is 702 g/mol. The number of esters is 1. The van der Waals surface area contributed by atoms with Gasteiger partial charge in [0.15, 0.2) is 11.5 Å². The van der Waals surface area contributed by atoms with E-state index < -0.39 is 42.1 Å². The highest BCUT2D eigenvalue weighted by Gasteiger charge is 2.43. The van der Waals surface area contributed by atoms with Crippen molar-refractivity contribution in [3.05, 3.63) is 83.4 Å². The summed E-state index contributed by atoms with van der Waals surface area (Å²) in [6.45, 7) is 4.16. The van der Waals surface area contributed by atoms with Crippen LogP contribution in [-0.2, 0) is 27.3 Å². The van der Waals surface area contributed by atoms with E-state index in [-0.39, 0.29) is 25.6 Å². The molecule has 0 saturated carbocycles. The van der Waals surface area contributed by atoms with E-state index in [0.29, 0.717) is 41.0 Å². The van der Waals surface area contributed by atoms with Gasteiger partial charge in [0.2, 0.25) is 12.7 Å². The number of quaternary nitrogens is 1. The molecule has 268 valence electrons. The number of rotatable bonds is 9. The molecular formula is C34H37F3N4O9. The predicted octanol–water partition coefficient (Wildman–Crippen LogP) is 2.95. The maximum atomic E-state index is 13.8. The van der Waals surface area contributed by atoms with Crippen LogP contribution in [0.15, 0.2) is 66.7 Å². The Morgan fingerprint density at radius 3 is 2.28 bits per heavy atom. The third-order valence-corrected chi connectivity index (χ3v) is 8.06. The Morgan fingerprint density at radius 2 is 1.66 bits per heavy atom. The van der Waals surface area contributed by atoms with E-state index in [9.17, 15) is 32.7 Å². The number of aromatic hydroxyl groups is 1. The number of carboxylic acids is 1. The molecule has 5 rings (SSSR count). The third kappa shape index (κ3) is 9.85. The van der Waals surface area contributed by atoms with E-state index in [1.165, 1.54) is 17.0 Å². The molecule has 2 unspecified atom stereocenters. The Bertz CT molecular complexity index is 1690. The molecule has 2 aliphatic rings. The number of alkyl halides is 3. The lowest BCUT2D eigenvalue weighted by atomic mass is 10.0. The molecule has 0 aliphatic carbocycles. The first-order chi connectivity index (χ1) is 23.6. The van der Waals surface area contributed by atoms with E-state index in [1.54, 1.807) is 43.3 Å². The van der Waals surface area contributed by atoms with Gasteiger partial charge >= 0.3 is 18.2 Å². The number of aliphatic carboxylic acids is 1. The minimum atomic E-state index is -5.19. The van der Waals surface area contributed by atoms with Crippen LogP contribution in [0, 0.1) is 0 Å². The molecule has 0 radical (unpaired) electrons. The van der Waals surface area contributed by atoms with Gasteiger partial charge in [0, 0.05) is 17.7 Å². The SMILES string of the molecule is CCOC(=O)c1ccc(NC(=O)N(C(=O)[C@@H](N)Cc2ccc(O)cc2)C2CC[N+](C)(Cc3ccc4c(c3)OCO4)C2)cc1.O=C([O-])C(F)(F)F. The van der Waals surface area contributed by atoms with E-state index in [0.717, 1.165) is 23.4 Å². The van der Waals surface area contributed by atoms with Gasteiger partial charge in [-0.05, 0) is 73.5 Å². The van der Waals surface area contributed by atoms with Crippen molar-refractivity contribution in [3.8, 4) is 17.2 Å². The van der Waals surface area contributed by atoms with Gasteiger partial charge in [0.1, 0.15) is 24.8 Å². The summed E-state index contributed by atoms with van der Waals surface area (Å²) in [6, 6.07) is 16.7. The minimum absolute atomic E-state index is 0.115. The second-order valence-corrected chi connectivity index (χ2v) is 12.0. The van der Waals surface area contributed by atoms with Crippen molar-refractivity contribution in [2.45, 2.75) is 44.6 Å². The van der Waals surface area contributed by atoms with Crippen LogP contribution >= 0.6 is 0 Å². The maximum absolute atomic E-state index is 13.8. The number of nitrogens with one attached hydrogen (secondary N) is 1. The van der Waals surface area contributed by atoms with Crippen molar-refractivity contribution in [2.24, 2.45) is 5.73 Å². The van der Waals surface area contributed by atoms with Crippen LogP contribution in [0.5, 0.6) is 17.2 Å². The fraction of sp³-hybridized carbons (Fsp3) is 0.353. The highest BCUT2D eigenvalue weighted by Crippen LogP contribution is 2.34. The maximum Gasteiger partial charge on any atom is 0.430 e. The predicted molar refractivity (Wildman–Crippen MR) is 170 cm³/mol. The first kappa shape index (κ1) is 37.5. The molecule has 13 nitrogen and oxygen atoms in total. The van der Waals surface area contributed by atoms with Crippen LogP contribution in [0.25, 0.3) is 0 Å². The second kappa shape index (κ2) is 15.9. The average molecular weight is 703 g/mol. The van der Waals surface area contributed by atoms with Crippen molar-refractivity contribution in [3.63, 3.8) is 0 Å². The van der Waals surface area contributed by atoms with Crippen LogP contribution in [0.1, 0.15) is 34.8 Å². The number of amides is 3. The fourth-order valence-electron chi connectivity index (χ4n) is 5.67. The first-order valence-electron chi connectivity index (χ1n) is 15.5. The molecule has 2 heterocycles. The van der Waals surface area contributed by atoms with Gasteiger partial charge in [-0.1, -0.05) is 12.1 Å². The lowest BCUT2D eigenvalue weighted by Crippen LogP contribution is -2.55. The largest absolute Gasteiger partial charge is 0.542 e. The van der Waals surface area contributed by atoms with Crippen LogP contribution in [-0.4, -0.2) is 90.2 Å². The number of carbonyl (C=O) groups is 4. The number of fused-ring (bicyclic) bond motifs is 1. The molecule has 0 spiro atoms. The Hall–Kier alpha value is -5.35. The molecular weight excluding hydrogens is 665 g/mol. The Balaban J connectivity index is 0.000000727. The van der Waals surface area contributed by atoms with Gasteiger partial charge in [-0.15, -0.1) is 0 Å². The number of hydrogen-bond donors (Lipinski definition) is 3. The van der Waals surface area contributed by atoms with Gasteiger partial charge in [0.05, 0.1) is 37.8 Å². The third-order valence-electron chi connectivity index (χ3n) is 8.06. The van der Waals surface area contributed by atoms with E-state index in [2.05, 4.69) is 12.4 Å². The number of anilines is 1. The zero-order chi connectivity index (χ0) is 36.6. The molecule has 16 heteroatoms. The zero-order valence-corrected chi connectivity index (χ0v) is 27.3. The average Bonchev–Trinajstić information content (AvgIpc) is 3.68. The van der Waals surface area contributed by atoms with Crippen molar-refractivity contribution in [2.75, 3.05) is 38.9 Å². The summed E-state index contributed by atoms with van der Waals surface area (Å²) in [7, 11) is 2.11. The lowest BCUT2D eigenvalue weighted by molar-refractivity contribution is -0.911. The van der Waals surface area contributed by atoms with E-state index in [1.807, 2.05) is 18.2 Å². The zero-order valence-electron chi connectivity index (χ0n) is 27.3. The Morgan fingerprint density at radius 1 is 1.04 bits per heavy atom. The Labute approximate surface area is 285 Å². The molecule has 3 aromatic rings. The number of likely N-dealkylation sites (tertiary alicyclic amines) is 1. The number of nitrogens with zero attached hydrogens (tertiary/aromatic N) is 2. The fourth-order valence-corrected chi connectivity index (χ4v) is 5.67.